The van der Waals surface area contributed by atoms with Crippen molar-refractivity contribution in [3.8, 4) is 0 Å². The fourth-order valence-corrected chi connectivity index (χ4v) is 1.82. The minimum absolute atomic E-state index is 0.00550. The zero-order valence-corrected chi connectivity index (χ0v) is 10.0. The molecule has 0 aliphatic carbocycles. The molecule has 0 spiro atoms. The molecular formula is C13H17NO2. The van der Waals surface area contributed by atoms with Gasteiger partial charge in [0.25, 0.3) is 5.91 Å². The summed E-state index contributed by atoms with van der Waals surface area (Å²) in [5.74, 6) is -0.177. The van der Waals surface area contributed by atoms with Gasteiger partial charge in [-0.2, -0.15) is 0 Å². The van der Waals surface area contributed by atoms with Crippen LogP contribution in [0.15, 0.2) is 23.5 Å². The van der Waals surface area contributed by atoms with Crippen LogP contribution in [-0.4, -0.2) is 10.5 Å². The molecule has 0 amide bonds. The summed E-state index contributed by atoms with van der Waals surface area (Å²) in [5.41, 5.74) is 2.12. The van der Waals surface area contributed by atoms with Crippen LogP contribution in [0.25, 0.3) is 0 Å². The van der Waals surface area contributed by atoms with Crippen LogP contribution in [0, 0.1) is 13.8 Å². The van der Waals surface area contributed by atoms with Crippen LogP contribution in [0.1, 0.15) is 35.1 Å². The number of carbonyl (C=O) groups is 1. The molecule has 0 N–H and O–H groups in total. The van der Waals surface area contributed by atoms with Crippen molar-refractivity contribution < 1.29 is 4.79 Å². The third-order valence-corrected chi connectivity index (χ3v) is 2.65. The predicted octanol–water partition coefficient (Wildman–Crippen LogP) is 2.24. The quantitative estimate of drug-likeness (QED) is 0.731. The second-order valence-electron chi connectivity index (χ2n) is 3.85. The van der Waals surface area contributed by atoms with E-state index in [1.54, 1.807) is 18.4 Å². The average Bonchev–Trinajstić information content (AvgIpc) is 2.25. The number of allylic oxidation sites excluding steroid dienone is 1. The molecule has 16 heavy (non-hydrogen) atoms. The number of carbonyl (C=O) groups excluding carboxylic acids is 1. The number of hydrogen-bond donors (Lipinski definition) is 0. The van der Waals surface area contributed by atoms with E-state index in [4.69, 9.17) is 0 Å². The average molecular weight is 219 g/mol. The lowest BCUT2D eigenvalue weighted by Crippen LogP contribution is -2.23. The first kappa shape index (κ1) is 12.4. The highest BCUT2D eigenvalue weighted by atomic mass is 16.2. The SMILES string of the molecule is C=CC(=O)n1c(C)cc(=O)c(C)c1CCC. The van der Waals surface area contributed by atoms with Crippen LogP contribution < -0.4 is 5.43 Å². The Balaban J connectivity index is 3.56. The number of hydrogen-bond acceptors (Lipinski definition) is 2. The van der Waals surface area contributed by atoms with Gasteiger partial charge in [0.15, 0.2) is 5.43 Å². The molecule has 0 radical (unpaired) electrons. The van der Waals surface area contributed by atoms with Crippen LogP contribution in [-0.2, 0) is 6.42 Å². The van der Waals surface area contributed by atoms with Gasteiger partial charge in [0, 0.05) is 23.0 Å². The van der Waals surface area contributed by atoms with Gasteiger partial charge in [-0.15, -0.1) is 0 Å². The number of rotatable bonds is 3. The zero-order chi connectivity index (χ0) is 12.3. The number of pyridine rings is 1. The molecule has 1 aromatic rings. The molecule has 1 heterocycles. The lowest BCUT2D eigenvalue weighted by Gasteiger charge is -2.15. The molecule has 3 nitrogen and oxygen atoms in total. The standard InChI is InChI=1S/C13H17NO2/c1-5-7-11-10(4)12(15)8-9(3)14(11)13(16)6-2/h6,8H,2,5,7H2,1,3-4H3. The molecule has 0 aliphatic rings. The Kier molecular flexibility index (Phi) is 3.82. The predicted molar refractivity (Wildman–Crippen MR) is 65.0 cm³/mol. The highest BCUT2D eigenvalue weighted by molar-refractivity contribution is 5.90. The van der Waals surface area contributed by atoms with Crippen LogP contribution in [0.5, 0.6) is 0 Å². The largest absolute Gasteiger partial charge is 0.290 e. The van der Waals surface area contributed by atoms with Crippen molar-refractivity contribution in [1.82, 2.24) is 4.57 Å². The van der Waals surface area contributed by atoms with Crippen molar-refractivity contribution in [1.29, 1.82) is 0 Å². The van der Waals surface area contributed by atoms with Gasteiger partial charge < -0.3 is 0 Å². The van der Waals surface area contributed by atoms with Crippen molar-refractivity contribution in [2.45, 2.75) is 33.6 Å². The second-order valence-corrected chi connectivity index (χ2v) is 3.85. The van der Waals surface area contributed by atoms with E-state index < -0.39 is 0 Å². The van der Waals surface area contributed by atoms with E-state index in [1.165, 1.54) is 12.1 Å². The van der Waals surface area contributed by atoms with E-state index in [0.29, 0.717) is 11.3 Å². The summed E-state index contributed by atoms with van der Waals surface area (Å²) in [6, 6.07) is 1.50. The molecule has 0 unspecified atom stereocenters. The van der Waals surface area contributed by atoms with E-state index in [-0.39, 0.29) is 11.3 Å². The molecule has 1 rings (SSSR count). The summed E-state index contributed by atoms with van der Waals surface area (Å²) < 4.78 is 1.58. The third kappa shape index (κ3) is 2.13. The Morgan fingerprint density at radius 1 is 1.50 bits per heavy atom. The minimum atomic E-state index is -0.177. The molecular weight excluding hydrogens is 202 g/mol. The second kappa shape index (κ2) is 4.92. The molecule has 0 atom stereocenters. The first-order valence-corrected chi connectivity index (χ1v) is 5.41. The zero-order valence-electron chi connectivity index (χ0n) is 10.0. The fourth-order valence-electron chi connectivity index (χ4n) is 1.82. The summed E-state index contributed by atoms with van der Waals surface area (Å²) in [7, 11) is 0. The Morgan fingerprint density at radius 2 is 2.12 bits per heavy atom. The smallest absolute Gasteiger partial charge is 0.254 e. The summed E-state index contributed by atoms with van der Waals surface area (Å²) in [5, 5.41) is 0. The van der Waals surface area contributed by atoms with E-state index in [2.05, 4.69) is 6.58 Å². The van der Waals surface area contributed by atoms with Crippen LogP contribution in [0.3, 0.4) is 0 Å². The molecule has 0 fully saturated rings. The molecule has 0 saturated heterocycles. The molecule has 3 heteroatoms. The van der Waals surface area contributed by atoms with Crippen LogP contribution in [0.2, 0.25) is 0 Å². The van der Waals surface area contributed by atoms with Gasteiger partial charge in [-0.05, 0) is 26.3 Å². The Hall–Kier alpha value is -1.64. The summed E-state index contributed by atoms with van der Waals surface area (Å²) in [4.78, 5) is 23.4. The summed E-state index contributed by atoms with van der Waals surface area (Å²) >= 11 is 0. The first-order valence-electron chi connectivity index (χ1n) is 5.41. The Morgan fingerprint density at radius 3 is 2.62 bits per heavy atom. The highest BCUT2D eigenvalue weighted by Gasteiger charge is 2.13. The maximum atomic E-state index is 11.7. The van der Waals surface area contributed by atoms with Crippen molar-refractivity contribution in [2.75, 3.05) is 0 Å². The monoisotopic (exact) mass is 219 g/mol. The van der Waals surface area contributed by atoms with E-state index >= 15 is 0 Å². The molecule has 0 saturated carbocycles. The fraction of sp³-hybridized carbons (Fsp3) is 0.385. The van der Waals surface area contributed by atoms with Crippen molar-refractivity contribution in [3.05, 3.63) is 45.9 Å². The summed E-state index contributed by atoms with van der Waals surface area (Å²) in [6.07, 6.45) is 2.90. The Labute approximate surface area is 95.4 Å². The number of aryl methyl sites for hydroxylation is 1. The maximum absolute atomic E-state index is 11.7. The van der Waals surface area contributed by atoms with Gasteiger partial charge in [-0.1, -0.05) is 19.9 Å². The summed E-state index contributed by atoms with van der Waals surface area (Å²) in [6.45, 7) is 9.03. The lowest BCUT2D eigenvalue weighted by atomic mass is 10.1. The van der Waals surface area contributed by atoms with Gasteiger partial charge in [0.1, 0.15) is 0 Å². The van der Waals surface area contributed by atoms with Gasteiger partial charge >= 0.3 is 0 Å². The highest BCUT2D eigenvalue weighted by Crippen LogP contribution is 2.10. The normalized spacial score (nSPS) is 10.2. The molecule has 0 bridgehead atoms. The van der Waals surface area contributed by atoms with Gasteiger partial charge in [0.05, 0.1) is 0 Å². The minimum Gasteiger partial charge on any atom is -0.290 e. The molecule has 1 aromatic heterocycles. The Bertz CT molecular complexity index is 483. The van der Waals surface area contributed by atoms with Crippen LogP contribution in [0.4, 0.5) is 0 Å². The maximum Gasteiger partial charge on any atom is 0.254 e. The van der Waals surface area contributed by atoms with Crippen molar-refractivity contribution in [3.63, 3.8) is 0 Å². The lowest BCUT2D eigenvalue weighted by molar-refractivity contribution is 0.0963. The molecule has 0 aromatic carbocycles. The van der Waals surface area contributed by atoms with Gasteiger partial charge in [-0.25, -0.2) is 0 Å². The van der Waals surface area contributed by atoms with Crippen LogP contribution >= 0.6 is 0 Å². The van der Waals surface area contributed by atoms with E-state index in [1.807, 2.05) is 6.92 Å². The third-order valence-electron chi connectivity index (χ3n) is 2.65. The van der Waals surface area contributed by atoms with E-state index in [9.17, 15) is 9.59 Å². The van der Waals surface area contributed by atoms with E-state index in [0.717, 1.165) is 18.5 Å². The van der Waals surface area contributed by atoms with Gasteiger partial charge in [-0.3, -0.25) is 14.2 Å². The molecule has 0 aliphatic heterocycles. The molecule has 86 valence electrons. The number of aromatic nitrogens is 1. The van der Waals surface area contributed by atoms with Crippen molar-refractivity contribution >= 4 is 5.91 Å². The topological polar surface area (TPSA) is 39.1 Å². The van der Waals surface area contributed by atoms with Gasteiger partial charge in [0.2, 0.25) is 0 Å². The first-order chi connectivity index (χ1) is 7.52. The number of nitrogens with zero attached hydrogens (tertiary/aromatic N) is 1. The van der Waals surface area contributed by atoms with Crippen molar-refractivity contribution in [2.24, 2.45) is 0 Å².